The van der Waals surface area contributed by atoms with Gasteiger partial charge in [-0.3, -0.25) is 0 Å². The summed E-state index contributed by atoms with van der Waals surface area (Å²) in [6.45, 7) is 10.4. The van der Waals surface area contributed by atoms with Gasteiger partial charge in [-0.25, -0.2) is 9.97 Å². The van der Waals surface area contributed by atoms with Crippen molar-refractivity contribution in [1.82, 2.24) is 9.97 Å². The lowest BCUT2D eigenvalue weighted by Crippen LogP contribution is -1.99. The summed E-state index contributed by atoms with van der Waals surface area (Å²) >= 11 is 0. The standard InChI is InChI=1S/C21H24N4/c1-5-15(4)24-18-10-11-19-20(12-18)22-13-23-21(19)25-17-8-6-16(7-9-17)14(2)3/h6-14,24H,4-5H2,1-3H3,(H,22,23,25). The molecule has 128 valence electrons. The molecule has 0 amide bonds. The van der Waals surface area contributed by atoms with Gasteiger partial charge < -0.3 is 10.6 Å². The minimum atomic E-state index is 0.526. The Bertz CT molecular complexity index is 882. The van der Waals surface area contributed by atoms with Crippen LogP contribution >= 0.6 is 0 Å². The van der Waals surface area contributed by atoms with Gasteiger partial charge in [-0.05, 0) is 48.2 Å². The van der Waals surface area contributed by atoms with Crippen LogP contribution < -0.4 is 10.6 Å². The van der Waals surface area contributed by atoms with Gasteiger partial charge in [0.1, 0.15) is 12.1 Å². The van der Waals surface area contributed by atoms with Crippen molar-refractivity contribution < 1.29 is 0 Å². The first-order chi connectivity index (χ1) is 12.1. The first-order valence-corrected chi connectivity index (χ1v) is 8.63. The monoisotopic (exact) mass is 332 g/mol. The first kappa shape index (κ1) is 17.0. The van der Waals surface area contributed by atoms with Gasteiger partial charge in [0.25, 0.3) is 0 Å². The van der Waals surface area contributed by atoms with E-state index < -0.39 is 0 Å². The van der Waals surface area contributed by atoms with Crippen LogP contribution in [0, 0.1) is 0 Å². The van der Waals surface area contributed by atoms with Crippen LogP contribution in [0.2, 0.25) is 0 Å². The molecular weight excluding hydrogens is 308 g/mol. The zero-order valence-corrected chi connectivity index (χ0v) is 15.0. The summed E-state index contributed by atoms with van der Waals surface area (Å²) in [7, 11) is 0. The maximum Gasteiger partial charge on any atom is 0.141 e. The molecular formula is C21H24N4. The number of nitrogens with one attached hydrogen (secondary N) is 2. The Morgan fingerprint density at radius 1 is 1.04 bits per heavy atom. The van der Waals surface area contributed by atoms with Crippen LogP contribution in [0.25, 0.3) is 10.9 Å². The molecule has 0 bridgehead atoms. The SMILES string of the molecule is C=C(CC)Nc1ccc2c(Nc3ccc(C(C)C)cc3)ncnc2c1. The fourth-order valence-electron chi connectivity index (χ4n) is 2.61. The van der Waals surface area contributed by atoms with E-state index in [0.717, 1.165) is 40.2 Å². The van der Waals surface area contributed by atoms with Crippen LogP contribution in [0.3, 0.4) is 0 Å². The molecule has 0 spiro atoms. The number of aromatic nitrogens is 2. The Balaban J connectivity index is 1.87. The Morgan fingerprint density at radius 3 is 2.44 bits per heavy atom. The lowest BCUT2D eigenvalue weighted by atomic mass is 10.0. The van der Waals surface area contributed by atoms with Gasteiger partial charge in [-0.1, -0.05) is 39.5 Å². The van der Waals surface area contributed by atoms with E-state index in [0.29, 0.717) is 5.92 Å². The van der Waals surface area contributed by atoms with Crippen molar-refractivity contribution in [2.75, 3.05) is 10.6 Å². The van der Waals surface area contributed by atoms with E-state index in [-0.39, 0.29) is 0 Å². The Labute approximate surface area is 149 Å². The van der Waals surface area contributed by atoms with Gasteiger partial charge in [0.05, 0.1) is 5.52 Å². The number of allylic oxidation sites excluding steroid dienone is 1. The molecule has 1 heterocycles. The second-order valence-electron chi connectivity index (χ2n) is 6.44. The Hall–Kier alpha value is -2.88. The van der Waals surface area contributed by atoms with Crippen LogP contribution in [0.1, 0.15) is 38.7 Å². The van der Waals surface area contributed by atoms with E-state index >= 15 is 0 Å². The molecule has 0 aliphatic carbocycles. The fraction of sp³-hybridized carbons (Fsp3) is 0.238. The second kappa shape index (κ2) is 7.34. The van der Waals surface area contributed by atoms with Crippen LogP contribution in [0.5, 0.6) is 0 Å². The average molecular weight is 332 g/mol. The summed E-state index contributed by atoms with van der Waals surface area (Å²) in [5.41, 5.74) is 5.21. The van der Waals surface area contributed by atoms with Crippen molar-refractivity contribution in [3.05, 3.63) is 66.6 Å². The largest absolute Gasteiger partial charge is 0.359 e. The van der Waals surface area contributed by atoms with E-state index in [1.807, 2.05) is 18.2 Å². The third-order valence-electron chi connectivity index (χ3n) is 4.22. The van der Waals surface area contributed by atoms with Crippen molar-refractivity contribution in [3.63, 3.8) is 0 Å². The van der Waals surface area contributed by atoms with Gasteiger partial charge in [0.15, 0.2) is 0 Å². The third kappa shape index (κ3) is 3.97. The molecule has 0 saturated carbocycles. The van der Waals surface area contributed by atoms with Crippen LogP contribution in [0.15, 0.2) is 61.1 Å². The number of fused-ring (bicyclic) bond motifs is 1. The van der Waals surface area contributed by atoms with Crippen LogP contribution in [-0.2, 0) is 0 Å². The highest BCUT2D eigenvalue weighted by molar-refractivity contribution is 5.92. The number of rotatable bonds is 6. The van der Waals surface area contributed by atoms with Gasteiger partial charge in [-0.15, -0.1) is 0 Å². The predicted octanol–water partition coefficient (Wildman–Crippen LogP) is 5.83. The third-order valence-corrected chi connectivity index (χ3v) is 4.22. The van der Waals surface area contributed by atoms with Gasteiger partial charge in [0, 0.05) is 22.5 Å². The smallest absolute Gasteiger partial charge is 0.141 e. The first-order valence-electron chi connectivity index (χ1n) is 8.63. The Kier molecular flexibility index (Phi) is 4.98. The van der Waals surface area contributed by atoms with Crippen LogP contribution in [0.4, 0.5) is 17.2 Å². The topological polar surface area (TPSA) is 49.8 Å². The summed E-state index contributed by atoms with van der Waals surface area (Å²) in [5.74, 6) is 1.33. The van der Waals surface area contributed by atoms with Crippen molar-refractivity contribution in [3.8, 4) is 0 Å². The number of anilines is 3. The highest BCUT2D eigenvalue weighted by Crippen LogP contribution is 2.26. The van der Waals surface area contributed by atoms with Crippen molar-refractivity contribution in [2.45, 2.75) is 33.1 Å². The summed E-state index contributed by atoms with van der Waals surface area (Å²) < 4.78 is 0. The molecule has 0 aliphatic rings. The number of hydrogen-bond donors (Lipinski definition) is 2. The van der Waals surface area contributed by atoms with Gasteiger partial charge in [-0.2, -0.15) is 0 Å². The molecule has 3 rings (SSSR count). The molecule has 2 N–H and O–H groups in total. The lowest BCUT2D eigenvalue weighted by Gasteiger charge is -2.12. The van der Waals surface area contributed by atoms with Gasteiger partial charge >= 0.3 is 0 Å². The zero-order chi connectivity index (χ0) is 17.8. The highest BCUT2D eigenvalue weighted by Gasteiger charge is 2.06. The van der Waals surface area contributed by atoms with E-state index in [2.05, 4.69) is 72.2 Å². The molecule has 3 aromatic rings. The maximum atomic E-state index is 4.41. The molecule has 2 aromatic carbocycles. The summed E-state index contributed by atoms with van der Waals surface area (Å²) in [6, 6.07) is 14.5. The molecule has 0 aliphatic heterocycles. The predicted molar refractivity (Wildman–Crippen MR) is 106 cm³/mol. The van der Waals surface area contributed by atoms with Crippen molar-refractivity contribution in [2.24, 2.45) is 0 Å². The Morgan fingerprint density at radius 2 is 1.76 bits per heavy atom. The quantitative estimate of drug-likeness (QED) is 0.596. The summed E-state index contributed by atoms with van der Waals surface area (Å²) in [4.78, 5) is 8.80. The van der Waals surface area contributed by atoms with E-state index in [1.165, 1.54) is 5.56 Å². The molecule has 0 atom stereocenters. The minimum Gasteiger partial charge on any atom is -0.359 e. The lowest BCUT2D eigenvalue weighted by molar-refractivity contribution is 0.867. The molecule has 0 unspecified atom stereocenters. The number of benzene rings is 2. The molecule has 0 saturated heterocycles. The second-order valence-corrected chi connectivity index (χ2v) is 6.44. The number of nitrogens with zero attached hydrogens (tertiary/aromatic N) is 2. The normalized spacial score (nSPS) is 10.9. The molecule has 0 radical (unpaired) electrons. The van der Waals surface area contributed by atoms with E-state index in [1.54, 1.807) is 6.33 Å². The maximum absolute atomic E-state index is 4.41. The molecule has 25 heavy (non-hydrogen) atoms. The van der Waals surface area contributed by atoms with Crippen molar-refractivity contribution >= 4 is 28.1 Å². The summed E-state index contributed by atoms with van der Waals surface area (Å²) in [5, 5.41) is 7.68. The highest BCUT2D eigenvalue weighted by atomic mass is 15.0. The molecule has 4 nitrogen and oxygen atoms in total. The molecule has 0 fully saturated rings. The van der Waals surface area contributed by atoms with Crippen molar-refractivity contribution in [1.29, 1.82) is 0 Å². The minimum absolute atomic E-state index is 0.526. The van der Waals surface area contributed by atoms with E-state index in [9.17, 15) is 0 Å². The average Bonchev–Trinajstić information content (AvgIpc) is 2.62. The summed E-state index contributed by atoms with van der Waals surface area (Å²) in [6.07, 6.45) is 2.48. The van der Waals surface area contributed by atoms with Crippen LogP contribution in [-0.4, -0.2) is 9.97 Å². The van der Waals surface area contributed by atoms with E-state index in [4.69, 9.17) is 0 Å². The fourth-order valence-corrected chi connectivity index (χ4v) is 2.61. The molecule has 4 heteroatoms. The molecule has 1 aromatic heterocycles. The number of hydrogen-bond acceptors (Lipinski definition) is 4. The zero-order valence-electron chi connectivity index (χ0n) is 15.0. The van der Waals surface area contributed by atoms with Gasteiger partial charge in [0.2, 0.25) is 0 Å².